The molecule has 0 spiro atoms. The third kappa shape index (κ3) is 4.55. The van der Waals surface area contributed by atoms with Crippen LogP contribution < -0.4 is 10.9 Å². The van der Waals surface area contributed by atoms with E-state index in [-0.39, 0.29) is 25.2 Å². The Morgan fingerprint density at radius 3 is 1.63 bits per heavy atom. The summed E-state index contributed by atoms with van der Waals surface area (Å²) in [7, 11) is 0. The quantitative estimate of drug-likeness (QED) is 0.224. The Kier molecular flexibility index (Phi) is 5.77. The number of fused-ring (bicyclic) bond motifs is 2. The van der Waals surface area contributed by atoms with E-state index >= 15 is 0 Å². The number of furan rings is 2. The predicted molar refractivity (Wildman–Crippen MR) is 133 cm³/mol. The van der Waals surface area contributed by atoms with Crippen LogP contribution in [-0.4, -0.2) is 30.4 Å². The van der Waals surface area contributed by atoms with Crippen LogP contribution in [0.5, 0.6) is 0 Å². The van der Waals surface area contributed by atoms with Gasteiger partial charge in [-0.3, -0.25) is 0 Å². The predicted octanol–water partition coefficient (Wildman–Crippen LogP) is 4.21. The number of carbonyl (C=O) groups excluding carboxylic acids is 3. The van der Waals surface area contributed by atoms with Gasteiger partial charge in [0.25, 0.3) is 0 Å². The molecule has 11 nitrogen and oxygen atoms in total. The van der Waals surface area contributed by atoms with Crippen LogP contribution in [0.2, 0.25) is 0 Å². The average molecular weight is 510 g/mol. The summed E-state index contributed by atoms with van der Waals surface area (Å²) in [5.74, 6) is 1.17. The summed E-state index contributed by atoms with van der Waals surface area (Å²) in [6.07, 6.45) is 2.67. The molecular weight excluding hydrogens is 492 g/mol. The van der Waals surface area contributed by atoms with E-state index in [4.69, 9.17) is 18.3 Å². The molecule has 0 saturated carbocycles. The van der Waals surface area contributed by atoms with Crippen LogP contribution in [0.4, 0.5) is 4.79 Å². The normalized spacial score (nSPS) is 14.0. The number of hydrazone groups is 2. The van der Waals surface area contributed by atoms with Crippen LogP contribution in [0.1, 0.15) is 43.4 Å². The summed E-state index contributed by atoms with van der Waals surface area (Å²) in [6.45, 7) is 0.554. The fraction of sp³-hybridized carbons (Fsp3) is 0.0741. The van der Waals surface area contributed by atoms with Crippen molar-refractivity contribution in [3.63, 3.8) is 0 Å². The molecular formula is C27H18N4O7. The van der Waals surface area contributed by atoms with Gasteiger partial charge in [-0.25, -0.2) is 25.2 Å². The number of rotatable bonds is 6. The van der Waals surface area contributed by atoms with Gasteiger partial charge < -0.3 is 18.3 Å². The van der Waals surface area contributed by atoms with Crippen LogP contribution in [0, 0.1) is 0 Å². The van der Waals surface area contributed by atoms with E-state index < -0.39 is 6.03 Å². The first-order valence-corrected chi connectivity index (χ1v) is 11.5. The van der Waals surface area contributed by atoms with Gasteiger partial charge in [0.2, 0.25) is 0 Å². The highest BCUT2D eigenvalue weighted by molar-refractivity contribution is 5.95. The van der Waals surface area contributed by atoms with Crippen molar-refractivity contribution in [1.82, 2.24) is 10.9 Å². The molecule has 0 unspecified atom stereocenters. The summed E-state index contributed by atoms with van der Waals surface area (Å²) in [6, 6.07) is 16.9. The van der Waals surface area contributed by atoms with Gasteiger partial charge in [-0.05, 0) is 36.4 Å². The zero-order valence-electron chi connectivity index (χ0n) is 19.6. The summed E-state index contributed by atoms with van der Waals surface area (Å²) >= 11 is 0. The highest BCUT2D eigenvalue weighted by atomic mass is 16.5. The van der Waals surface area contributed by atoms with E-state index in [2.05, 4.69) is 21.1 Å². The molecule has 11 heteroatoms. The smallest absolute Gasteiger partial charge is 0.355 e. The second kappa shape index (κ2) is 9.54. The first-order chi connectivity index (χ1) is 18.5. The van der Waals surface area contributed by atoms with Crippen LogP contribution in [-0.2, 0) is 22.7 Å². The minimum Gasteiger partial charge on any atom is -0.457 e. The number of hydrogen-bond acceptors (Lipinski definition) is 9. The SMILES string of the molecule is O=C(NN=Cc1ccc(-c2ccc3c(c2)C(=O)OC3)o1)N/N=C\c1ccc(-c2ccc3c(c2)C(=O)OC3)o1. The van der Waals surface area contributed by atoms with Crippen LogP contribution in [0.15, 0.2) is 79.7 Å². The molecule has 2 aromatic heterocycles. The van der Waals surface area contributed by atoms with Gasteiger partial charge in [0.05, 0.1) is 23.6 Å². The van der Waals surface area contributed by atoms with Crippen molar-refractivity contribution in [2.45, 2.75) is 13.2 Å². The van der Waals surface area contributed by atoms with Crippen molar-refractivity contribution >= 4 is 30.4 Å². The minimum atomic E-state index is -0.676. The second-order valence-electron chi connectivity index (χ2n) is 8.37. The number of hydrogen-bond donors (Lipinski definition) is 2. The second-order valence-corrected chi connectivity index (χ2v) is 8.37. The number of esters is 2. The Balaban J connectivity index is 1.02. The van der Waals surface area contributed by atoms with E-state index in [1.54, 1.807) is 36.4 Å². The Bertz CT molecular complexity index is 1530. The number of carbonyl (C=O) groups is 3. The van der Waals surface area contributed by atoms with Gasteiger partial charge in [-0.1, -0.05) is 24.3 Å². The summed E-state index contributed by atoms with van der Waals surface area (Å²) in [5, 5.41) is 7.67. The topological polar surface area (TPSA) is 145 Å². The van der Waals surface area contributed by atoms with Gasteiger partial charge >= 0.3 is 18.0 Å². The average Bonchev–Trinajstić information content (AvgIpc) is 3.72. The van der Waals surface area contributed by atoms with Crippen molar-refractivity contribution < 1.29 is 32.7 Å². The molecule has 38 heavy (non-hydrogen) atoms. The highest BCUT2D eigenvalue weighted by Gasteiger charge is 2.23. The fourth-order valence-electron chi connectivity index (χ4n) is 4.02. The van der Waals surface area contributed by atoms with Gasteiger partial charge in [0.15, 0.2) is 0 Å². The molecule has 2 aliphatic rings. The van der Waals surface area contributed by atoms with Crippen molar-refractivity contribution in [2.24, 2.45) is 10.2 Å². The maximum Gasteiger partial charge on any atom is 0.355 e. The number of nitrogens with one attached hydrogen (secondary N) is 2. The lowest BCUT2D eigenvalue weighted by Gasteiger charge is -1.99. The van der Waals surface area contributed by atoms with Gasteiger partial charge in [-0.15, -0.1) is 0 Å². The van der Waals surface area contributed by atoms with E-state index in [1.807, 2.05) is 24.3 Å². The lowest BCUT2D eigenvalue weighted by Crippen LogP contribution is -2.28. The van der Waals surface area contributed by atoms with Crippen molar-refractivity contribution in [2.75, 3.05) is 0 Å². The fourth-order valence-corrected chi connectivity index (χ4v) is 4.02. The largest absolute Gasteiger partial charge is 0.457 e. The first kappa shape index (κ1) is 23.0. The molecule has 0 fully saturated rings. The molecule has 4 aromatic rings. The molecule has 2 aliphatic heterocycles. The number of amides is 2. The molecule has 0 atom stereocenters. The van der Waals surface area contributed by atoms with Gasteiger partial charge in [-0.2, -0.15) is 10.2 Å². The first-order valence-electron chi connectivity index (χ1n) is 11.5. The Morgan fingerprint density at radius 2 is 1.16 bits per heavy atom. The molecule has 6 rings (SSSR count). The van der Waals surface area contributed by atoms with Gasteiger partial charge in [0, 0.05) is 22.3 Å². The number of cyclic esters (lactones) is 2. The molecule has 4 heterocycles. The summed E-state index contributed by atoms with van der Waals surface area (Å²) in [5.41, 5.74) is 8.72. The molecule has 2 aromatic carbocycles. The standard InChI is InChI=1S/C27H18N4O7/c32-25-21-9-15(1-3-17(21)13-35-25)23-7-5-19(37-23)11-28-30-27(34)31-29-12-20-6-8-24(38-20)16-2-4-18-14-36-26(33)22(18)10-16/h1-12H,13-14H2,(H2,30,31,34)/b28-11-,29-12?. The lowest BCUT2D eigenvalue weighted by molar-refractivity contribution is 0.0526. The van der Waals surface area contributed by atoms with Crippen molar-refractivity contribution in [3.05, 3.63) is 94.4 Å². The lowest BCUT2D eigenvalue weighted by atomic mass is 10.0. The molecule has 188 valence electrons. The molecule has 2 amide bonds. The number of urea groups is 1. The maximum absolute atomic E-state index is 12.0. The zero-order valence-corrected chi connectivity index (χ0v) is 19.6. The number of ether oxygens (including phenoxy) is 2. The molecule has 0 radical (unpaired) electrons. The molecule has 0 saturated heterocycles. The van der Waals surface area contributed by atoms with E-state index in [9.17, 15) is 14.4 Å². The summed E-state index contributed by atoms with van der Waals surface area (Å²) < 4.78 is 21.5. The molecule has 0 bridgehead atoms. The molecule has 2 N–H and O–H groups in total. The summed E-state index contributed by atoms with van der Waals surface area (Å²) in [4.78, 5) is 35.5. The highest BCUT2D eigenvalue weighted by Crippen LogP contribution is 2.29. The Labute approximate surface area is 214 Å². The van der Waals surface area contributed by atoms with Gasteiger partial charge in [0.1, 0.15) is 36.3 Å². The third-order valence-corrected chi connectivity index (χ3v) is 5.92. The Hall–Kier alpha value is -5.45. The monoisotopic (exact) mass is 510 g/mol. The zero-order chi connectivity index (χ0) is 26.1. The van der Waals surface area contributed by atoms with Crippen LogP contribution in [0.3, 0.4) is 0 Å². The van der Waals surface area contributed by atoms with E-state index in [1.165, 1.54) is 12.4 Å². The van der Waals surface area contributed by atoms with E-state index in [0.717, 1.165) is 22.3 Å². The Morgan fingerprint density at radius 1 is 0.684 bits per heavy atom. The van der Waals surface area contributed by atoms with E-state index in [0.29, 0.717) is 34.2 Å². The third-order valence-electron chi connectivity index (χ3n) is 5.92. The number of nitrogens with zero attached hydrogens (tertiary/aromatic N) is 2. The van der Waals surface area contributed by atoms with Crippen molar-refractivity contribution in [3.8, 4) is 22.6 Å². The maximum atomic E-state index is 12.0. The van der Waals surface area contributed by atoms with Crippen LogP contribution >= 0.6 is 0 Å². The minimum absolute atomic E-state index is 0.277. The molecule has 0 aliphatic carbocycles. The number of benzene rings is 2. The van der Waals surface area contributed by atoms with Crippen LogP contribution in [0.25, 0.3) is 22.6 Å². The van der Waals surface area contributed by atoms with Crippen molar-refractivity contribution in [1.29, 1.82) is 0 Å².